The van der Waals surface area contributed by atoms with E-state index in [0.717, 1.165) is 11.1 Å². The van der Waals surface area contributed by atoms with E-state index in [9.17, 15) is 8.42 Å². The lowest BCUT2D eigenvalue weighted by molar-refractivity contribution is 0.301. The molecule has 0 spiro atoms. The van der Waals surface area contributed by atoms with Gasteiger partial charge in [-0.05, 0) is 35.4 Å². The van der Waals surface area contributed by atoms with Crippen LogP contribution in [0.2, 0.25) is 0 Å². The number of nitrogens with zero attached hydrogens (tertiary/aromatic N) is 1. The number of sulfonamides is 1. The topological polar surface area (TPSA) is 79.3 Å². The first-order valence-electron chi connectivity index (χ1n) is 5.74. The summed E-state index contributed by atoms with van der Waals surface area (Å²) in [5.74, 6) is 0. The smallest absolute Gasteiger partial charge is 0.240 e. The molecule has 100 valence electrons. The molecule has 5 nitrogen and oxygen atoms in total. The highest BCUT2D eigenvalue weighted by molar-refractivity contribution is 7.89. The van der Waals surface area contributed by atoms with E-state index >= 15 is 0 Å². The van der Waals surface area contributed by atoms with Crippen LogP contribution < -0.4 is 4.72 Å². The van der Waals surface area contributed by atoms with Gasteiger partial charge in [-0.3, -0.25) is 4.98 Å². The number of benzene rings is 1. The Morgan fingerprint density at radius 3 is 2.16 bits per heavy atom. The minimum atomic E-state index is -3.54. The predicted octanol–water partition coefficient (Wildman–Crippen LogP) is 1.02. The summed E-state index contributed by atoms with van der Waals surface area (Å²) in [4.78, 5) is 4.11. The highest BCUT2D eigenvalue weighted by Gasteiger charge is 2.12. The Bertz CT molecular complexity index is 625. The number of nitrogens with one attached hydrogen (secondary N) is 1. The standard InChI is InChI=1S/C13H14N2O3S/c16-10-9-15-19(17,18)13-3-1-11(2-4-13)12-5-7-14-8-6-12/h1-8,15-16H,9-10H2. The number of hydrogen-bond acceptors (Lipinski definition) is 4. The van der Waals surface area contributed by atoms with Crippen molar-refractivity contribution in [1.82, 2.24) is 9.71 Å². The fourth-order valence-electron chi connectivity index (χ4n) is 1.63. The Balaban J connectivity index is 2.24. The third-order valence-corrected chi connectivity index (χ3v) is 4.06. The van der Waals surface area contributed by atoms with Gasteiger partial charge in [0.05, 0.1) is 11.5 Å². The second-order valence-electron chi connectivity index (χ2n) is 3.88. The van der Waals surface area contributed by atoms with Gasteiger partial charge >= 0.3 is 0 Å². The van der Waals surface area contributed by atoms with Gasteiger partial charge in [0.2, 0.25) is 10.0 Å². The van der Waals surface area contributed by atoms with Gasteiger partial charge in [0, 0.05) is 18.9 Å². The average Bonchev–Trinajstić information content (AvgIpc) is 2.46. The third-order valence-electron chi connectivity index (χ3n) is 2.58. The van der Waals surface area contributed by atoms with Crippen LogP contribution in [-0.4, -0.2) is 31.7 Å². The van der Waals surface area contributed by atoms with Gasteiger partial charge in [-0.1, -0.05) is 12.1 Å². The lowest BCUT2D eigenvalue weighted by Gasteiger charge is -2.06. The zero-order chi connectivity index (χ0) is 13.7. The average molecular weight is 278 g/mol. The van der Waals surface area contributed by atoms with Crippen molar-refractivity contribution in [3.63, 3.8) is 0 Å². The van der Waals surface area contributed by atoms with Crippen LogP contribution in [0.3, 0.4) is 0 Å². The van der Waals surface area contributed by atoms with Gasteiger partial charge in [-0.2, -0.15) is 0 Å². The van der Waals surface area contributed by atoms with Crippen molar-refractivity contribution in [3.8, 4) is 11.1 Å². The van der Waals surface area contributed by atoms with Crippen LogP contribution in [0.5, 0.6) is 0 Å². The van der Waals surface area contributed by atoms with Gasteiger partial charge in [0.1, 0.15) is 0 Å². The molecule has 0 fully saturated rings. The second kappa shape index (κ2) is 5.92. The van der Waals surface area contributed by atoms with E-state index in [-0.39, 0.29) is 18.0 Å². The first kappa shape index (κ1) is 13.7. The first-order chi connectivity index (χ1) is 9.13. The molecule has 0 saturated carbocycles. The summed E-state index contributed by atoms with van der Waals surface area (Å²) < 4.78 is 25.9. The second-order valence-corrected chi connectivity index (χ2v) is 5.65. The molecule has 0 unspecified atom stereocenters. The zero-order valence-electron chi connectivity index (χ0n) is 10.2. The molecule has 0 aliphatic heterocycles. The number of hydrogen-bond donors (Lipinski definition) is 2. The molecule has 0 radical (unpaired) electrons. The SMILES string of the molecule is O=S(=O)(NCCO)c1ccc(-c2ccncc2)cc1. The van der Waals surface area contributed by atoms with Crippen molar-refractivity contribution in [1.29, 1.82) is 0 Å². The number of pyridine rings is 1. The van der Waals surface area contributed by atoms with Gasteiger partial charge in [-0.25, -0.2) is 13.1 Å². The number of aliphatic hydroxyl groups is 1. The summed E-state index contributed by atoms with van der Waals surface area (Å²) in [7, 11) is -3.54. The maximum atomic E-state index is 11.8. The minimum absolute atomic E-state index is 0.00837. The summed E-state index contributed by atoms with van der Waals surface area (Å²) in [6.07, 6.45) is 3.37. The quantitative estimate of drug-likeness (QED) is 0.856. The van der Waals surface area contributed by atoms with Gasteiger partial charge in [0.25, 0.3) is 0 Å². The summed E-state index contributed by atoms with van der Waals surface area (Å²) in [5, 5.41) is 8.64. The molecule has 0 saturated heterocycles. The van der Waals surface area contributed by atoms with Gasteiger partial charge in [0.15, 0.2) is 0 Å². The molecule has 0 aliphatic rings. The Morgan fingerprint density at radius 2 is 1.58 bits per heavy atom. The molecule has 0 atom stereocenters. The van der Waals surface area contributed by atoms with Crippen LogP contribution in [0, 0.1) is 0 Å². The summed E-state index contributed by atoms with van der Waals surface area (Å²) in [6, 6.07) is 10.3. The highest BCUT2D eigenvalue weighted by atomic mass is 32.2. The van der Waals surface area contributed by atoms with E-state index in [2.05, 4.69) is 9.71 Å². The fraction of sp³-hybridized carbons (Fsp3) is 0.154. The predicted molar refractivity (Wildman–Crippen MR) is 71.9 cm³/mol. The number of aliphatic hydroxyl groups excluding tert-OH is 1. The van der Waals surface area contributed by atoms with Crippen LogP contribution in [-0.2, 0) is 10.0 Å². The maximum Gasteiger partial charge on any atom is 0.240 e. The molecule has 0 amide bonds. The van der Waals surface area contributed by atoms with Crippen molar-refractivity contribution in [2.75, 3.05) is 13.2 Å². The molecule has 6 heteroatoms. The zero-order valence-corrected chi connectivity index (χ0v) is 11.0. The Hall–Kier alpha value is -1.76. The molecule has 2 rings (SSSR count). The Labute approximate surface area is 112 Å². The van der Waals surface area contributed by atoms with Crippen LogP contribution in [0.1, 0.15) is 0 Å². The van der Waals surface area contributed by atoms with E-state index in [1.165, 1.54) is 12.1 Å². The van der Waals surface area contributed by atoms with Crippen molar-refractivity contribution >= 4 is 10.0 Å². The maximum absolute atomic E-state index is 11.8. The minimum Gasteiger partial charge on any atom is -0.395 e. The lowest BCUT2D eigenvalue weighted by atomic mass is 10.1. The Kier molecular flexibility index (Phi) is 4.26. The third kappa shape index (κ3) is 3.37. The fourth-order valence-corrected chi connectivity index (χ4v) is 2.66. The van der Waals surface area contributed by atoms with E-state index < -0.39 is 10.0 Å². The molecule has 2 N–H and O–H groups in total. The number of rotatable bonds is 5. The van der Waals surface area contributed by atoms with Crippen LogP contribution >= 0.6 is 0 Å². The summed E-state index contributed by atoms with van der Waals surface area (Å²) in [5.41, 5.74) is 1.89. The largest absolute Gasteiger partial charge is 0.395 e. The molecule has 19 heavy (non-hydrogen) atoms. The molecular formula is C13H14N2O3S. The van der Waals surface area contributed by atoms with Crippen molar-refractivity contribution in [3.05, 3.63) is 48.8 Å². The molecule has 0 bridgehead atoms. The van der Waals surface area contributed by atoms with E-state index in [4.69, 9.17) is 5.11 Å². The van der Waals surface area contributed by atoms with Crippen LogP contribution in [0.25, 0.3) is 11.1 Å². The van der Waals surface area contributed by atoms with Gasteiger partial charge < -0.3 is 5.11 Å². The van der Waals surface area contributed by atoms with Crippen LogP contribution in [0.15, 0.2) is 53.7 Å². The van der Waals surface area contributed by atoms with Crippen LogP contribution in [0.4, 0.5) is 0 Å². The molecule has 1 aromatic carbocycles. The molecular weight excluding hydrogens is 264 g/mol. The van der Waals surface area contributed by atoms with E-state index in [1.807, 2.05) is 12.1 Å². The van der Waals surface area contributed by atoms with E-state index in [0.29, 0.717) is 0 Å². The number of aromatic nitrogens is 1. The Morgan fingerprint density at radius 1 is 1.00 bits per heavy atom. The van der Waals surface area contributed by atoms with Gasteiger partial charge in [-0.15, -0.1) is 0 Å². The normalized spacial score (nSPS) is 11.4. The first-order valence-corrected chi connectivity index (χ1v) is 7.23. The van der Waals surface area contributed by atoms with E-state index in [1.54, 1.807) is 24.5 Å². The van der Waals surface area contributed by atoms with Crippen molar-refractivity contribution in [2.45, 2.75) is 4.90 Å². The monoisotopic (exact) mass is 278 g/mol. The summed E-state index contributed by atoms with van der Waals surface area (Å²) in [6.45, 7) is -0.219. The van der Waals surface area contributed by atoms with Crippen molar-refractivity contribution in [2.24, 2.45) is 0 Å². The molecule has 1 heterocycles. The lowest BCUT2D eigenvalue weighted by Crippen LogP contribution is -2.26. The molecule has 1 aromatic heterocycles. The molecule has 2 aromatic rings. The van der Waals surface area contributed by atoms with Crippen molar-refractivity contribution < 1.29 is 13.5 Å². The highest BCUT2D eigenvalue weighted by Crippen LogP contribution is 2.20. The summed E-state index contributed by atoms with van der Waals surface area (Å²) >= 11 is 0. The molecule has 0 aliphatic carbocycles.